The number of anilines is 4. The van der Waals surface area contributed by atoms with Crippen LogP contribution in [-0.4, -0.2) is 88.8 Å². The molecule has 2 aromatic carbocycles. The molecule has 66 heavy (non-hydrogen) atoms. The average molecular weight is 920 g/mol. The number of nitrogens with one attached hydrogen (secondary N) is 3. The number of piperidine rings is 2. The molecule has 0 spiro atoms. The Morgan fingerprint density at radius 2 is 1.18 bits per heavy atom. The first kappa shape index (κ1) is 49.0. The first-order valence-electron chi connectivity index (χ1n) is 21.6. The Morgan fingerprint density at radius 1 is 0.712 bits per heavy atom. The van der Waals surface area contributed by atoms with Gasteiger partial charge in [-0.2, -0.15) is 36.5 Å². The van der Waals surface area contributed by atoms with Gasteiger partial charge in [-0.25, -0.2) is 19.9 Å². The van der Waals surface area contributed by atoms with Crippen molar-refractivity contribution < 1.29 is 31.1 Å². The number of hydrogen-bond acceptors (Lipinski definition) is 11. The van der Waals surface area contributed by atoms with Gasteiger partial charge in [0.2, 0.25) is 17.8 Å². The van der Waals surface area contributed by atoms with Gasteiger partial charge < -0.3 is 26.6 Å². The summed E-state index contributed by atoms with van der Waals surface area (Å²) in [6.45, 7) is 5.93. The smallest absolute Gasteiger partial charge is 0.343 e. The van der Waals surface area contributed by atoms with Gasteiger partial charge in [0.25, 0.3) is 0 Å². The molecule has 6 heterocycles. The molecule has 0 saturated carbocycles. The Kier molecular flexibility index (Phi) is 16.5. The van der Waals surface area contributed by atoms with Crippen LogP contribution >= 0.6 is 0 Å². The van der Waals surface area contributed by atoms with Crippen molar-refractivity contribution in [1.82, 2.24) is 49.7 Å². The molecule has 0 bridgehead atoms. The molecule has 0 radical (unpaired) electrons. The fourth-order valence-corrected chi connectivity index (χ4v) is 7.61. The number of rotatable bonds is 10. The summed E-state index contributed by atoms with van der Waals surface area (Å²) in [6, 6.07) is 15.8. The van der Waals surface area contributed by atoms with E-state index in [1.165, 1.54) is 5.56 Å². The molecular weight excluding hydrogens is 865 g/mol. The van der Waals surface area contributed by atoms with Crippen LogP contribution < -0.4 is 21.7 Å². The van der Waals surface area contributed by atoms with Crippen LogP contribution in [0.5, 0.6) is 0 Å². The highest BCUT2D eigenvalue weighted by Gasteiger charge is 2.42. The average Bonchev–Trinajstić information content (AvgIpc) is 3.91. The first-order chi connectivity index (χ1) is 31.4. The molecule has 1 amide bonds. The van der Waals surface area contributed by atoms with Crippen molar-refractivity contribution in [1.29, 1.82) is 0 Å². The molecule has 5 N–H and O–H groups in total. The highest BCUT2D eigenvalue weighted by molar-refractivity contribution is 5.76. The molecular formula is C46H55F6N13O. The number of halogens is 6. The van der Waals surface area contributed by atoms with E-state index >= 15 is 0 Å². The number of alkyl halides is 6. The fraction of sp³-hybridized carbons (Fsp3) is 0.413. The highest BCUT2D eigenvalue weighted by Crippen LogP contribution is 2.35. The number of amides is 1. The van der Waals surface area contributed by atoms with Crippen molar-refractivity contribution in [3.8, 4) is 22.5 Å². The summed E-state index contributed by atoms with van der Waals surface area (Å²) in [5, 5.41) is 17.4. The van der Waals surface area contributed by atoms with E-state index in [0.717, 1.165) is 50.6 Å². The number of nitrogens with zero attached hydrogens (tertiary/aromatic N) is 9. The van der Waals surface area contributed by atoms with Crippen molar-refractivity contribution in [2.45, 2.75) is 71.3 Å². The molecule has 2 saturated heterocycles. The van der Waals surface area contributed by atoms with Crippen molar-refractivity contribution in [3.63, 3.8) is 0 Å². The third kappa shape index (κ3) is 14.0. The van der Waals surface area contributed by atoms with Crippen molar-refractivity contribution in [2.75, 3.05) is 36.8 Å². The number of likely N-dealkylation sites (tertiary alicyclic amines) is 1. The third-order valence-corrected chi connectivity index (χ3v) is 11.5. The zero-order chi connectivity index (χ0) is 47.4. The maximum absolute atomic E-state index is 12.8. The summed E-state index contributed by atoms with van der Waals surface area (Å²) in [5.41, 5.74) is 15.3. The van der Waals surface area contributed by atoms with E-state index in [1.807, 2.05) is 75.9 Å². The molecule has 4 aromatic heterocycles. The zero-order valence-corrected chi connectivity index (χ0v) is 37.3. The summed E-state index contributed by atoms with van der Waals surface area (Å²) in [7, 11) is 3.69. The van der Waals surface area contributed by atoms with Gasteiger partial charge in [-0.15, -0.1) is 0 Å². The van der Waals surface area contributed by atoms with Gasteiger partial charge in [-0.3, -0.25) is 14.2 Å². The van der Waals surface area contributed by atoms with Crippen molar-refractivity contribution in [3.05, 3.63) is 108 Å². The lowest BCUT2D eigenvalue weighted by Gasteiger charge is -2.33. The van der Waals surface area contributed by atoms with Gasteiger partial charge in [-0.05, 0) is 106 Å². The molecule has 2 aliphatic rings. The standard InChI is InChI=1S/C24H27F3N6O.C16H18N6.C6H10F3N/c1-16-13-18(21-7-10-28-23(31-21)30-20-14-29-32(2)15-20)4-3-17(16)5-6-22(34)33-11-8-19(9-12-33)24(25,26)27;1-11-7-12(3-4-13(11)8-17)15-5-6-18-16(21-15)20-14-9-19-22(2)10-14;7-6(8,9)5-1-3-10-4-2-5/h3-4,7,10,13-15,19H,5-6,8-9,11-12H2,1-2H3,(H,28,30,31);3-7,9-10H,8,17H2,1-2H3,(H,18,20,21);5,10H,1-4H2. The molecule has 8 rings (SSSR count). The predicted octanol–water partition coefficient (Wildman–Crippen LogP) is 8.60. The van der Waals surface area contributed by atoms with Crippen LogP contribution in [0.15, 0.2) is 85.7 Å². The Bertz CT molecular complexity index is 2510. The van der Waals surface area contributed by atoms with Crippen LogP contribution in [0.1, 0.15) is 54.4 Å². The highest BCUT2D eigenvalue weighted by atomic mass is 19.4. The van der Waals surface area contributed by atoms with Gasteiger partial charge in [0.05, 0.1) is 47.0 Å². The predicted molar refractivity (Wildman–Crippen MR) is 241 cm³/mol. The van der Waals surface area contributed by atoms with E-state index in [9.17, 15) is 31.1 Å². The lowest BCUT2D eigenvalue weighted by atomic mass is 9.95. The number of carbonyl (C=O) groups excluding carboxylic acids is 1. The van der Waals surface area contributed by atoms with E-state index in [4.69, 9.17) is 5.73 Å². The van der Waals surface area contributed by atoms with E-state index in [-0.39, 0.29) is 51.1 Å². The first-order valence-corrected chi connectivity index (χ1v) is 21.6. The normalized spacial score (nSPS) is 14.7. The molecule has 0 aliphatic carbocycles. The molecule has 2 fully saturated rings. The van der Waals surface area contributed by atoms with Crippen molar-refractivity contribution in [2.24, 2.45) is 31.7 Å². The second kappa shape index (κ2) is 22.2. The zero-order valence-electron chi connectivity index (χ0n) is 37.3. The Morgan fingerprint density at radius 3 is 1.59 bits per heavy atom. The van der Waals surface area contributed by atoms with Crippen LogP contribution in [0.4, 0.5) is 49.6 Å². The second-order valence-corrected chi connectivity index (χ2v) is 16.3. The minimum absolute atomic E-state index is 0.0144. The SMILES string of the molecule is Cc1cc(-c2ccnc(Nc3cnn(C)c3)n2)ccc1CCC(=O)N1CCC(C(F)(F)F)CC1.Cc1cc(-c2ccnc(Nc3cnn(C)c3)n2)ccc1CN.FC(F)(F)C1CCNCC1. The van der Waals surface area contributed by atoms with Crippen LogP contribution in [0.3, 0.4) is 0 Å². The van der Waals surface area contributed by atoms with Gasteiger partial charge in [0, 0.05) is 76.1 Å². The minimum Gasteiger partial charge on any atom is -0.343 e. The third-order valence-electron chi connectivity index (χ3n) is 11.5. The summed E-state index contributed by atoms with van der Waals surface area (Å²) < 4.78 is 77.7. The Labute approximate surface area is 379 Å². The van der Waals surface area contributed by atoms with E-state index in [2.05, 4.69) is 59.1 Å². The maximum Gasteiger partial charge on any atom is 0.391 e. The van der Waals surface area contributed by atoms with E-state index in [0.29, 0.717) is 38.0 Å². The van der Waals surface area contributed by atoms with E-state index < -0.39 is 24.2 Å². The minimum atomic E-state index is -4.17. The van der Waals surface area contributed by atoms with Gasteiger partial charge in [0.1, 0.15) is 0 Å². The summed E-state index contributed by atoms with van der Waals surface area (Å²) in [5.74, 6) is -1.44. The Balaban J connectivity index is 0.000000191. The van der Waals surface area contributed by atoms with Gasteiger partial charge >= 0.3 is 12.4 Å². The lowest BCUT2D eigenvalue weighted by Crippen LogP contribution is -2.42. The summed E-state index contributed by atoms with van der Waals surface area (Å²) in [6.07, 6.45) is 3.68. The molecule has 352 valence electrons. The number of carbonyl (C=O) groups is 1. The quantitative estimate of drug-likeness (QED) is 0.0971. The number of aromatic nitrogens is 8. The number of aryl methyl sites for hydroxylation is 5. The van der Waals surface area contributed by atoms with Crippen LogP contribution in [0.25, 0.3) is 22.5 Å². The monoisotopic (exact) mass is 919 g/mol. The number of benzene rings is 2. The number of nitrogens with two attached hydrogens (primary N) is 1. The molecule has 2 aliphatic heterocycles. The van der Waals surface area contributed by atoms with Crippen LogP contribution in [-0.2, 0) is 31.9 Å². The molecule has 0 unspecified atom stereocenters. The Hall–Kier alpha value is -6.41. The maximum atomic E-state index is 12.8. The van der Waals surface area contributed by atoms with Crippen molar-refractivity contribution >= 4 is 29.2 Å². The van der Waals surface area contributed by atoms with Crippen LogP contribution in [0.2, 0.25) is 0 Å². The molecule has 14 nitrogen and oxygen atoms in total. The molecule has 20 heteroatoms. The fourth-order valence-electron chi connectivity index (χ4n) is 7.61. The largest absolute Gasteiger partial charge is 0.391 e. The van der Waals surface area contributed by atoms with Crippen LogP contribution in [0, 0.1) is 25.7 Å². The topological polar surface area (TPSA) is 170 Å². The lowest BCUT2D eigenvalue weighted by molar-refractivity contribution is -0.186. The summed E-state index contributed by atoms with van der Waals surface area (Å²) in [4.78, 5) is 31.7. The molecule has 0 atom stereocenters. The second-order valence-electron chi connectivity index (χ2n) is 16.3. The molecule has 6 aromatic rings. The van der Waals surface area contributed by atoms with Gasteiger partial charge in [-0.1, -0.05) is 24.3 Å². The van der Waals surface area contributed by atoms with Gasteiger partial charge in [0.15, 0.2) is 0 Å². The number of hydrogen-bond donors (Lipinski definition) is 4. The summed E-state index contributed by atoms with van der Waals surface area (Å²) >= 11 is 0. The van der Waals surface area contributed by atoms with E-state index in [1.54, 1.807) is 39.1 Å².